The molecule has 0 aliphatic rings. The van der Waals surface area contributed by atoms with Crippen LogP contribution in [0.25, 0.3) is 0 Å². The summed E-state index contributed by atoms with van der Waals surface area (Å²) in [4.78, 5) is 11.4. The highest BCUT2D eigenvalue weighted by atomic mass is 35.5. The molecule has 6 heteroatoms. The van der Waals surface area contributed by atoms with Crippen LogP contribution in [0.4, 0.5) is 4.39 Å². The number of carbonyl (C=O) groups is 1. The minimum absolute atomic E-state index is 0.0217. The molecule has 0 spiro atoms. The van der Waals surface area contributed by atoms with Gasteiger partial charge in [-0.2, -0.15) is 0 Å². The zero-order chi connectivity index (χ0) is 12.1. The summed E-state index contributed by atoms with van der Waals surface area (Å²) in [6, 6.07) is 4.08. The molecule has 0 aliphatic carbocycles. The lowest BCUT2D eigenvalue weighted by molar-refractivity contribution is -0.137. The van der Waals surface area contributed by atoms with Crippen LogP contribution in [0.15, 0.2) is 23.1 Å². The first-order valence-electron chi connectivity index (χ1n) is 4.38. The Labute approximate surface area is 102 Å². The fourth-order valence-corrected chi connectivity index (χ4v) is 2.23. The highest BCUT2D eigenvalue weighted by Gasteiger charge is 2.19. The molecule has 1 atom stereocenters. The molecule has 0 heterocycles. The van der Waals surface area contributed by atoms with Crippen LogP contribution in [0.5, 0.6) is 0 Å². The second-order valence-electron chi connectivity index (χ2n) is 2.98. The standard InChI is InChI=1S/C10H10ClFO3S/c1-15-5-9(10(13)14)16-6-2-3-8(12)7(11)4-6/h2-4,9H,5H2,1H3,(H,13,14). The number of halogens is 2. The van der Waals surface area contributed by atoms with Crippen LogP contribution >= 0.6 is 23.4 Å². The van der Waals surface area contributed by atoms with Crippen LogP contribution in [0.2, 0.25) is 5.02 Å². The van der Waals surface area contributed by atoms with E-state index in [0.717, 1.165) is 11.8 Å². The van der Waals surface area contributed by atoms with E-state index in [2.05, 4.69) is 0 Å². The van der Waals surface area contributed by atoms with Crippen molar-refractivity contribution in [1.82, 2.24) is 0 Å². The van der Waals surface area contributed by atoms with Gasteiger partial charge in [-0.25, -0.2) is 4.39 Å². The first kappa shape index (κ1) is 13.3. The quantitative estimate of drug-likeness (QED) is 0.831. The molecule has 0 amide bonds. The van der Waals surface area contributed by atoms with E-state index in [1.165, 1.54) is 25.3 Å². The number of benzene rings is 1. The van der Waals surface area contributed by atoms with Crippen molar-refractivity contribution in [1.29, 1.82) is 0 Å². The van der Waals surface area contributed by atoms with Gasteiger partial charge in [0.15, 0.2) is 0 Å². The Morgan fingerprint density at radius 2 is 2.38 bits per heavy atom. The van der Waals surface area contributed by atoms with Crippen molar-refractivity contribution in [3.05, 3.63) is 29.0 Å². The highest BCUT2D eigenvalue weighted by Crippen LogP contribution is 2.27. The molecule has 1 aromatic carbocycles. The number of hydrogen-bond donors (Lipinski definition) is 1. The molecule has 0 bridgehead atoms. The van der Waals surface area contributed by atoms with Crippen LogP contribution < -0.4 is 0 Å². The number of carboxylic acid groups (broad SMARTS) is 1. The summed E-state index contributed by atoms with van der Waals surface area (Å²) >= 11 is 6.66. The van der Waals surface area contributed by atoms with Gasteiger partial charge in [0.05, 0.1) is 11.6 Å². The van der Waals surface area contributed by atoms with E-state index in [1.807, 2.05) is 0 Å². The molecule has 0 saturated heterocycles. The maximum atomic E-state index is 12.9. The minimum Gasteiger partial charge on any atom is -0.480 e. The Bertz CT molecular complexity index is 386. The predicted molar refractivity (Wildman–Crippen MR) is 60.6 cm³/mol. The lowest BCUT2D eigenvalue weighted by Gasteiger charge is -2.10. The SMILES string of the molecule is COCC(Sc1ccc(F)c(Cl)c1)C(=O)O. The van der Waals surface area contributed by atoms with E-state index in [0.29, 0.717) is 4.90 Å². The first-order chi connectivity index (χ1) is 7.54. The van der Waals surface area contributed by atoms with Crippen molar-refractivity contribution in [2.45, 2.75) is 10.1 Å². The van der Waals surface area contributed by atoms with E-state index in [1.54, 1.807) is 0 Å². The topological polar surface area (TPSA) is 46.5 Å². The summed E-state index contributed by atoms with van der Waals surface area (Å²) in [7, 11) is 1.42. The summed E-state index contributed by atoms with van der Waals surface area (Å²) < 4.78 is 17.6. The average molecular weight is 265 g/mol. The summed E-state index contributed by atoms with van der Waals surface area (Å²) in [6.07, 6.45) is 0. The smallest absolute Gasteiger partial charge is 0.319 e. The monoisotopic (exact) mass is 264 g/mol. The number of ether oxygens (including phenoxy) is 1. The molecular formula is C10H10ClFO3S. The molecule has 1 N–H and O–H groups in total. The van der Waals surface area contributed by atoms with Gasteiger partial charge in [0, 0.05) is 12.0 Å². The van der Waals surface area contributed by atoms with Crippen LogP contribution in [-0.4, -0.2) is 30.0 Å². The predicted octanol–water partition coefficient (Wildman–Crippen LogP) is 2.67. The van der Waals surface area contributed by atoms with E-state index in [9.17, 15) is 9.18 Å². The number of carboxylic acids is 1. The van der Waals surface area contributed by atoms with Crippen LogP contribution in [-0.2, 0) is 9.53 Å². The Hall–Kier alpha value is -0.780. The summed E-state index contributed by atoms with van der Waals surface area (Å²) in [5.41, 5.74) is 0. The normalized spacial score (nSPS) is 12.4. The number of rotatable bonds is 5. The van der Waals surface area contributed by atoms with Crippen LogP contribution in [0.3, 0.4) is 0 Å². The lowest BCUT2D eigenvalue weighted by Crippen LogP contribution is -2.21. The fraction of sp³-hybridized carbons (Fsp3) is 0.300. The maximum absolute atomic E-state index is 12.9. The number of hydrogen-bond acceptors (Lipinski definition) is 3. The molecule has 0 saturated carbocycles. The Morgan fingerprint density at radius 1 is 1.69 bits per heavy atom. The molecular weight excluding hydrogens is 255 g/mol. The van der Waals surface area contributed by atoms with Gasteiger partial charge in [-0.15, -0.1) is 11.8 Å². The van der Waals surface area contributed by atoms with Gasteiger partial charge in [-0.1, -0.05) is 11.6 Å². The van der Waals surface area contributed by atoms with Gasteiger partial charge in [-0.05, 0) is 18.2 Å². The third-order valence-electron chi connectivity index (χ3n) is 1.76. The van der Waals surface area contributed by atoms with Gasteiger partial charge >= 0.3 is 5.97 Å². The van der Waals surface area contributed by atoms with Gasteiger partial charge < -0.3 is 9.84 Å². The third-order valence-corrected chi connectivity index (χ3v) is 3.20. The first-order valence-corrected chi connectivity index (χ1v) is 5.64. The maximum Gasteiger partial charge on any atom is 0.319 e. The van der Waals surface area contributed by atoms with Crippen molar-refractivity contribution in [3.63, 3.8) is 0 Å². The molecule has 88 valence electrons. The van der Waals surface area contributed by atoms with E-state index < -0.39 is 17.0 Å². The molecule has 1 rings (SSSR count). The van der Waals surface area contributed by atoms with Crippen LogP contribution in [0.1, 0.15) is 0 Å². The zero-order valence-electron chi connectivity index (χ0n) is 8.44. The van der Waals surface area contributed by atoms with Gasteiger partial charge in [0.1, 0.15) is 11.1 Å². The molecule has 3 nitrogen and oxygen atoms in total. The molecule has 0 radical (unpaired) electrons. The van der Waals surface area contributed by atoms with Crippen molar-refractivity contribution >= 4 is 29.3 Å². The van der Waals surface area contributed by atoms with Crippen molar-refractivity contribution in [3.8, 4) is 0 Å². The second kappa shape index (κ2) is 6.08. The second-order valence-corrected chi connectivity index (χ2v) is 4.66. The molecule has 0 fully saturated rings. The largest absolute Gasteiger partial charge is 0.480 e. The molecule has 0 aromatic heterocycles. The Kier molecular flexibility index (Phi) is 5.05. The summed E-state index contributed by atoms with van der Waals surface area (Å²) in [5.74, 6) is -1.50. The Morgan fingerprint density at radius 3 is 2.88 bits per heavy atom. The molecule has 16 heavy (non-hydrogen) atoms. The van der Waals surface area contributed by atoms with Crippen molar-refractivity contribution in [2.24, 2.45) is 0 Å². The number of methoxy groups -OCH3 is 1. The zero-order valence-corrected chi connectivity index (χ0v) is 10.0. The third kappa shape index (κ3) is 3.66. The average Bonchev–Trinajstić information content (AvgIpc) is 2.22. The fourth-order valence-electron chi connectivity index (χ4n) is 1.02. The highest BCUT2D eigenvalue weighted by molar-refractivity contribution is 8.00. The van der Waals surface area contributed by atoms with Gasteiger partial charge in [-0.3, -0.25) is 4.79 Å². The van der Waals surface area contributed by atoms with Gasteiger partial charge in [0.25, 0.3) is 0 Å². The lowest BCUT2D eigenvalue weighted by atomic mass is 10.3. The molecule has 0 aliphatic heterocycles. The van der Waals surface area contributed by atoms with E-state index in [-0.39, 0.29) is 11.6 Å². The summed E-state index contributed by atoms with van der Waals surface area (Å²) in [5, 5.41) is 8.13. The van der Waals surface area contributed by atoms with E-state index >= 15 is 0 Å². The van der Waals surface area contributed by atoms with Gasteiger partial charge in [0.2, 0.25) is 0 Å². The number of thioether (sulfide) groups is 1. The molecule has 1 aromatic rings. The van der Waals surface area contributed by atoms with Crippen molar-refractivity contribution < 1.29 is 19.0 Å². The van der Waals surface area contributed by atoms with Crippen molar-refractivity contribution in [2.75, 3.05) is 13.7 Å². The number of aliphatic carboxylic acids is 1. The molecule has 1 unspecified atom stereocenters. The van der Waals surface area contributed by atoms with E-state index in [4.69, 9.17) is 21.4 Å². The summed E-state index contributed by atoms with van der Waals surface area (Å²) in [6.45, 7) is 0.0784. The minimum atomic E-state index is -0.979. The van der Waals surface area contributed by atoms with Crippen LogP contribution in [0, 0.1) is 5.82 Å². The Balaban J connectivity index is 2.77.